The molecule has 1 saturated carbocycles. The van der Waals surface area contributed by atoms with Crippen LogP contribution in [-0.2, 0) is 13.0 Å². The number of nitrogens with two attached hydrogens (primary N) is 1. The van der Waals surface area contributed by atoms with Crippen molar-refractivity contribution in [3.8, 4) is 0 Å². The standard InChI is InChI=1S/C15H20FN3/c1-2-7-19-14-6-5-11(16)8-13(14)18-15(19)9-12(17)10-3-4-10/h5-6,8,10,12H,2-4,7,9,17H2,1H3. The molecule has 0 saturated heterocycles. The molecule has 19 heavy (non-hydrogen) atoms. The largest absolute Gasteiger partial charge is 0.328 e. The van der Waals surface area contributed by atoms with Gasteiger partial charge in [-0.2, -0.15) is 0 Å². The van der Waals surface area contributed by atoms with Crippen LogP contribution in [0.25, 0.3) is 11.0 Å². The van der Waals surface area contributed by atoms with Gasteiger partial charge in [0.1, 0.15) is 11.6 Å². The Morgan fingerprint density at radius 1 is 1.47 bits per heavy atom. The van der Waals surface area contributed by atoms with E-state index in [9.17, 15) is 4.39 Å². The first kappa shape index (κ1) is 12.6. The van der Waals surface area contributed by atoms with Gasteiger partial charge in [-0.3, -0.25) is 0 Å². The number of halogens is 1. The topological polar surface area (TPSA) is 43.8 Å². The fraction of sp³-hybridized carbons (Fsp3) is 0.533. The smallest absolute Gasteiger partial charge is 0.125 e. The highest BCUT2D eigenvalue weighted by Crippen LogP contribution is 2.33. The average Bonchev–Trinajstić information content (AvgIpc) is 3.16. The fourth-order valence-corrected chi connectivity index (χ4v) is 2.68. The summed E-state index contributed by atoms with van der Waals surface area (Å²) in [6, 6.07) is 5.02. The predicted octanol–water partition coefficient (Wildman–Crippen LogP) is 2.87. The van der Waals surface area contributed by atoms with Crippen molar-refractivity contribution in [2.75, 3.05) is 0 Å². The second kappa shape index (κ2) is 4.93. The minimum atomic E-state index is -0.230. The molecule has 0 spiro atoms. The molecule has 3 nitrogen and oxygen atoms in total. The molecule has 4 heteroatoms. The van der Waals surface area contributed by atoms with Gasteiger partial charge in [0.05, 0.1) is 11.0 Å². The molecule has 0 aliphatic heterocycles. The third kappa shape index (κ3) is 2.50. The van der Waals surface area contributed by atoms with Crippen LogP contribution in [0.2, 0.25) is 0 Å². The monoisotopic (exact) mass is 261 g/mol. The highest BCUT2D eigenvalue weighted by Gasteiger charge is 2.29. The number of nitrogens with zero attached hydrogens (tertiary/aromatic N) is 2. The van der Waals surface area contributed by atoms with Crippen LogP contribution in [0.15, 0.2) is 18.2 Å². The van der Waals surface area contributed by atoms with Crippen molar-refractivity contribution >= 4 is 11.0 Å². The number of rotatable bonds is 5. The molecule has 0 radical (unpaired) electrons. The maximum Gasteiger partial charge on any atom is 0.125 e. The molecule has 102 valence electrons. The summed E-state index contributed by atoms with van der Waals surface area (Å²) in [4.78, 5) is 4.59. The summed E-state index contributed by atoms with van der Waals surface area (Å²) in [6.07, 6.45) is 4.31. The second-order valence-corrected chi connectivity index (χ2v) is 5.52. The minimum absolute atomic E-state index is 0.192. The number of aromatic nitrogens is 2. The highest BCUT2D eigenvalue weighted by atomic mass is 19.1. The number of fused-ring (bicyclic) bond motifs is 1. The Labute approximate surface area is 112 Å². The maximum absolute atomic E-state index is 13.3. The van der Waals surface area contributed by atoms with E-state index in [1.54, 1.807) is 0 Å². The van der Waals surface area contributed by atoms with Gasteiger partial charge < -0.3 is 10.3 Å². The van der Waals surface area contributed by atoms with Gasteiger partial charge in [-0.15, -0.1) is 0 Å². The Morgan fingerprint density at radius 3 is 2.95 bits per heavy atom. The molecule has 3 rings (SSSR count). The van der Waals surface area contributed by atoms with Gasteiger partial charge in [-0.25, -0.2) is 9.37 Å². The van der Waals surface area contributed by atoms with E-state index in [-0.39, 0.29) is 11.9 Å². The van der Waals surface area contributed by atoms with E-state index in [4.69, 9.17) is 5.73 Å². The van der Waals surface area contributed by atoms with Crippen molar-refractivity contribution in [1.82, 2.24) is 9.55 Å². The second-order valence-electron chi connectivity index (χ2n) is 5.52. The summed E-state index contributed by atoms with van der Waals surface area (Å²) < 4.78 is 15.5. The third-order valence-corrected chi connectivity index (χ3v) is 3.88. The maximum atomic E-state index is 13.3. The molecular formula is C15H20FN3. The molecule has 2 aromatic rings. The summed E-state index contributed by atoms with van der Waals surface area (Å²) in [5, 5.41) is 0. The molecule has 1 aromatic heterocycles. The van der Waals surface area contributed by atoms with Crippen LogP contribution in [-0.4, -0.2) is 15.6 Å². The Balaban J connectivity index is 1.98. The number of benzene rings is 1. The zero-order chi connectivity index (χ0) is 13.4. The Morgan fingerprint density at radius 2 is 2.26 bits per heavy atom. The molecule has 1 heterocycles. The number of aryl methyl sites for hydroxylation is 1. The first-order valence-corrected chi connectivity index (χ1v) is 7.09. The highest BCUT2D eigenvalue weighted by molar-refractivity contribution is 5.76. The van der Waals surface area contributed by atoms with E-state index in [2.05, 4.69) is 16.5 Å². The molecule has 1 aromatic carbocycles. The SMILES string of the molecule is CCCn1c(CC(N)C2CC2)nc2cc(F)ccc21. The van der Waals surface area contributed by atoms with E-state index in [1.165, 1.54) is 25.0 Å². The number of hydrogen-bond donors (Lipinski definition) is 1. The van der Waals surface area contributed by atoms with Gasteiger partial charge in [0, 0.05) is 25.1 Å². The number of imidazole rings is 1. The number of hydrogen-bond acceptors (Lipinski definition) is 2. The average molecular weight is 261 g/mol. The molecule has 2 N–H and O–H groups in total. The zero-order valence-corrected chi connectivity index (χ0v) is 11.3. The van der Waals surface area contributed by atoms with Crippen molar-refractivity contribution < 1.29 is 4.39 Å². The molecule has 1 unspecified atom stereocenters. The quantitative estimate of drug-likeness (QED) is 0.899. The van der Waals surface area contributed by atoms with Gasteiger partial charge in [0.15, 0.2) is 0 Å². The van der Waals surface area contributed by atoms with Crippen LogP contribution in [0, 0.1) is 11.7 Å². The molecule has 0 amide bonds. The van der Waals surface area contributed by atoms with Gasteiger partial charge >= 0.3 is 0 Å². The Hall–Kier alpha value is -1.42. The Bertz CT molecular complexity index is 586. The zero-order valence-electron chi connectivity index (χ0n) is 11.3. The van der Waals surface area contributed by atoms with Crippen LogP contribution in [0.5, 0.6) is 0 Å². The summed E-state index contributed by atoms with van der Waals surface area (Å²) in [7, 11) is 0. The van der Waals surface area contributed by atoms with E-state index in [1.807, 2.05) is 6.07 Å². The van der Waals surface area contributed by atoms with Crippen molar-refractivity contribution in [2.45, 2.75) is 45.2 Å². The lowest BCUT2D eigenvalue weighted by Gasteiger charge is -2.12. The molecule has 0 bridgehead atoms. The van der Waals surface area contributed by atoms with Crippen LogP contribution < -0.4 is 5.73 Å². The lowest BCUT2D eigenvalue weighted by atomic mass is 10.1. The van der Waals surface area contributed by atoms with Gasteiger partial charge in [0.25, 0.3) is 0 Å². The summed E-state index contributed by atoms with van der Waals surface area (Å²) in [5.74, 6) is 1.43. The normalized spacial score (nSPS) is 17.0. The van der Waals surface area contributed by atoms with Gasteiger partial charge in [-0.1, -0.05) is 6.92 Å². The van der Waals surface area contributed by atoms with Gasteiger partial charge in [-0.05, 0) is 37.3 Å². The molecule has 1 fully saturated rings. The van der Waals surface area contributed by atoms with E-state index in [0.717, 1.165) is 36.2 Å². The lowest BCUT2D eigenvalue weighted by molar-refractivity contribution is 0.549. The fourth-order valence-electron chi connectivity index (χ4n) is 2.68. The van der Waals surface area contributed by atoms with Crippen LogP contribution in [0.4, 0.5) is 4.39 Å². The van der Waals surface area contributed by atoms with Crippen molar-refractivity contribution in [2.24, 2.45) is 11.7 Å². The van der Waals surface area contributed by atoms with Crippen LogP contribution >= 0.6 is 0 Å². The first-order valence-electron chi connectivity index (χ1n) is 7.09. The van der Waals surface area contributed by atoms with E-state index < -0.39 is 0 Å². The Kier molecular flexibility index (Phi) is 3.27. The van der Waals surface area contributed by atoms with E-state index in [0.29, 0.717) is 5.92 Å². The van der Waals surface area contributed by atoms with Crippen LogP contribution in [0.3, 0.4) is 0 Å². The van der Waals surface area contributed by atoms with Gasteiger partial charge in [0.2, 0.25) is 0 Å². The molecule has 1 aliphatic carbocycles. The van der Waals surface area contributed by atoms with E-state index >= 15 is 0 Å². The van der Waals surface area contributed by atoms with Crippen molar-refractivity contribution in [1.29, 1.82) is 0 Å². The third-order valence-electron chi connectivity index (χ3n) is 3.88. The van der Waals surface area contributed by atoms with Crippen molar-refractivity contribution in [3.63, 3.8) is 0 Å². The van der Waals surface area contributed by atoms with Crippen LogP contribution in [0.1, 0.15) is 32.0 Å². The molecular weight excluding hydrogens is 241 g/mol. The summed E-state index contributed by atoms with van der Waals surface area (Å²) >= 11 is 0. The summed E-state index contributed by atoms with van der Waals surface area (Å²) in [6.45, 7) is 3.05. The lowest BCUT2D eigenvalue weighted by Crippen LogP contribution is -2.26. The summed E-state index contributed by atoms with van der Waals surface area (Å²) in [5.41, 5.74) is 7.96. The van der Waals surface area contributed by atoms with Crippen molar-refractivity contribution in [3.05, 3.63) is 29.8 Å². The minimum Gasteiger partial charge on any atom is -0.328 e. The molecule has 1 aliphatic rings. The predicted molar refractivity (Wildman–Crippen MR) is 74.4 cm³/mol. The molecule has 1 atom stereocenters. The first-order chi connectivity index (χ1) is 9.19.